The summed E-state index contributed by atoms with van der Waals surface area (Å²) in [7, 11) is 0. The summed E-state index contributed by atoms with van der Waals surface area (Å²) < 4.78 is 5.79. The third kappa shape index (κ3) is 3.51. The molecule has 25 heavy (non-hydrogen) atoms. The van der Waals surface area contributed by atoms with Gasteiger partial charge < -0.3 is 15.4 Å². The molecular formula is C18H24N4O3. The van der Waals surface area contributed by atoms with E-state index in [4.69, 9.17) is 10.5 Å². The van der Waals surface area contributed by atoms with Crippen molar-refractivity contribution >= 4 is 11.8 Å². The Morgan fingerprint density at radius 2 is 1.88 bits per heavy atom. The zero-order valence-corrected chi connectivity index (χ0v) is 14.3. The molecule has 2 amide bonds. The lowest BCUT2D eigenvalue weighted by molar-refractivity contribution is -0.130. The summed E-state index contributed by atoms with van der Waals surface area (Å²) in [6, 6.07) is 1.71. The van der Waals surface area contributed by atoms with Crippen molar-refractivity contribution in [2.24, 2.45) is 11.7 Å². The number of likely N-dealkylation sites (tertiary alicyclic amines) is 1. The van der Waals surface area contributed by atoms with Crippen LogP contribution in [0.5, 0.6) is 0 Å². The average Bonchev–Trinajstić information content (AvgIpc) is 3.37. The van der Waals surface area contributed by atoms with Gasteiger partial charge in [-0.25, -0.2) is 9.97 Å². The van der Waals surface area contributed by atoms with Crippen LogP contribution >= 0.6 is 0 Å². The fourth-order valence-electron chi connectivity index (χ4n) is 3.89. The van der Waals surface area contributed by atoms with E-state index in [1.807, 2.05) is 4.90 Å². The van der Waals surface area contributed by atoms with Crippen LogP contribution in [-0.2, 0) is 9.53 Å². The second kappa shape index (κ2) is 6.71. The van der Waals surface area contributed by atoms with E-state index in [9.17, 15) is 9.59 Å². The molecule has 134 valence electrons. The number of rotatable bonds is 4. The van der Waals surface area contributed by atoms with Gasteiger partial charge in [0.1, 0.15) is 17.6 Å². The van der Waals surface area contributed by atoms with Gasteiger partial charge in [-0.1, -0.05) is 0 Å². The summed E-state index contributed by atoms with van der Waals surface area (Å²) in [5.41, 5.74) is 5.83. The summed E-state index contributed by atoms with van der Waals surface area (Å²) in [4.78, 5) is 34.6. The molecule has 3 heterocycles. The predicted octanol–water partition coefficient (Wildman–Crippen LogP) is 1.24. The van der Waals surface area contributed by atoms with Gasteiger partial charge in [0.25, 0.3) is 5.91 Å². The lowest BCUT2D eigenvalue weighted by Crippen LogP contribution is -2.42. The van der Waals surface area contributed by atoms with Crippen LogP contribution in [0.1, 0.15) is 60.8 Å². The molecule has 7 nitrogen and oxygen atoms in total. The van der Waals surface area contributed by atoms with Crippen molar-refractivity contribution < 1.29 is 14.3 Å². The molecule has 4 rings (SSSR count). The Kier molecular flexibility index (Phi) is 4.41. The first kappa shape index (κ1) is 16.4. The summed E-state index contributed by atoms with van der Waals surface area (Å²) in [6.45, 7) is 1.40. The van der Waals surface area contributed by atoms with Crippen molar-refractivity contribution in [1.82, 2.24) is 14.9 Å². The highest BCUT2D eigenvalue weighted by molar-refractivity contribution is 5.92. The molecule has 1 aromatic rings. The summed E-state index contributed by atoms with van der Waals surface area (Å²) in [6.07, 6.45) is 6.96. The third-order valence-electron chi connectivity index (χ3n) is 5.56. The maximum absolute atomic E-state index is 12.7. The molecule has 1 saturated carbocycles. The van der Waals surface area contributed by atoms with E-state index in [2.05, 4.69) is 9.97 Å². The molecule has 0 unspecified atom stereocenters. The Labute approximate surface area is 146 Å². The molecule has 2 atom stereocenters. The van der Waals surface area contributed by atoms with E-state index in [-0.39, 0.29) is 17.9 Å². The van der Waals surface area contributed by atoms with Crippen molar-refractivity contribution in [3.05, 3.63) is 23.8 Å². The Morgan fingerprint density at radius 3 is 2.52 bits per heavy atom. The highest BCUT2D eigenvalue weighted by Gasteiger charge is 2.36. The van der Waals surface area contributed by atoms with Gasteiger partial charge in [-0.2, -0.15) is 0 Å². The number of nitrogens with zero attached hydrogens (tertiary/aromatic N) is 3. The fraction of sp³-hybridized carbons (Fsp3) is 0.667. The van der Waals surface area contributed by atoms with Crippen LogP contribution in [0.3, 0.4) is 0 Å². The number of piperidine rings is 1. The average molecular weight is 344 g/mol. The quantitative estimate of drug-likeness (QED) is 0.886. The molecule has 0 radical (unpaired) electrons. The lowest BCUT2D eigenvalue weighted by Gasteiger charge is -2.34. The van der Waals surface area contributed by atoms with E-state index in [0.29, 0.717) is 37.0 Å². The first-order valence-electron chi connectivity index (χ1n) is 9.19. The third-order valence-corrected chi connectivity index (χ3v) is 5.56. The van der Waals surface area contributed by atoms with E-state index >= 15 is 0 Å². The van der Waals surface area contributed by atoms with Crippen molar-refractivity contribution in [2.45, 2.75) is 56.7 Å². The SMILES string of the molecule is NC(=O)[C@H]1CC[C@@H](C2CCN(C(=O)c3ccnc(C4CC4)n3)CC2)O1. The van der Waals surface area contributed by atoms with Crippen LogP contribution in [0.25, 0.3) is 0 Å². The number of nitrogens with two attached hydrogens (primary N) is 1. The Balaban J connectivity index is 1.33. The van der Waals surface area contributed by atoms with Crippen molar-refractivity contribution in [2.75, 3.05) is 13.1 Å². The Morgan fingerprint density at radius 1 is 1.12 bits per heavy atom. The minimum absolute atomic E-state index is 0.00916. The highest BCUT2D eigenvalue weighted by atomic mass is 16.5. The number of ether oxygens (including phenoxy) is 1. The first-order valence-corrected chi connectivity index (χ1v) is 9.19. The maximum Gasteiger partial charge on any atom is 0.272 e. The van der Waals surface area contributed by atoms with Crippen molar-refractivity contribution in [3.63, 3.8) is 0 Å². The number of hydrogen-bond donors (Lipinski definition) is 1. The van der Waals surface area contributed by atoms with Gasteiger partial charge in [-0.3, -0.25) is 9.59 Å². The van der Waals surface area contributed by atoms with Crippen LogP contribution < -0.4 is 5.73 Å². The molecule has 2 N–H and O–H groups in total. The van der Waals surface area contributed by atoms with Crippen molar-refractivity contribution in [3.8, 4) is 0 Å². The smallest absolute Gasteiger partial charge is 0.272 e. The zero-order valence-electron chi connectivity index (χ0n) is 14.3. The van der Waals surface area contributed by atoms with Crippen LogP contribution in [0.2, 0.25) is 0 Å². The van der Waals surface area contributed by atoms with E-state index in [1.54, 1.807) is 12.3 Å². The number of carbonyl (C=O) groups excluding carboxylic acids is 2. The Bertz CT molecular complexity index is 668. The standard InChI is InChI=1S/C18H24N4O3/c19-16(23)15-4-3-14(25-15)11-6-9-22(10-7-11)18(24)13-5-8-20-17(21-13)12-1-2-12/h5,8,11-12,14-15H,1-4,6-7,9-10H2,(H2,19,23)/t14-,15+/m0/s1. The van der Waals surface area contributed by atoms with Crippen LogP contribution in [0.15, 0.2) is 12.3 Å². The topological polar surface area (TPSA) is 98.4 Å². The van der Waals surface area contributed by atoms with Gasteiger partial charge in [0.2, 0.25) is 5.91 Å². The molecule has 0 bridgehead atoms. The lowest BCUT2D eigenvalue weighted by atomic mass is 9.89. The normalized spacial score (nSPS) is 27.4. The molecule has 3 aliphatic rings. The minimum atomic E-state index is -0.438. The van der Waals surface area contributed by atoms with Crippen molar-refractivity contribution in [1.29, 1.82) is 0 Å². The van der Waals surface area contributed by atoms with E-state index < -0.39 is 6.10 Å². The molecule has 1 aliphatic carbocycles. The van der Waals surface area contributed by atoms with E-state index in [0.717, 1.165) is 37.9 Å². The number of primary amides is 1. The van der Waals surface area contributed by atoms with Gasteiger partial charge in [-0.15, -0.1) is 0 Å². The maximum atomic E-state index is 12.7. The summed E-state index contributed by atoms with van der Waals surface area (Å²) >= 11 is 0. The fourth-order valence-corrected chi connectivity index (χ4v) is 3.89. The second-order valence-corrected chi connectivity index (χ2v) is 7.35. The number of carbonyl (C=O) groups is 2. The number of amides is 2. The molecule has 0 aromatic carbocycles. The molecule has 3 fully saturated rings. The summed E-state index contributed by atoms with van der Waals surface area (Å²) in [5, 5.41) is 0. The van der Waals surface area contributed by atoms with Gasteiger partial charge >= 0.3 is 0 Å². The minimum Gasteiger partial charge on any atom is -0.367 e. The Hall–Kier alpha value is -2.02. The van der Waals surface area contributed by atoms with Gasteiger partial charge in [-0.05, 0) is 50.5 Å². The summed E-state index contributed by atoms with van der Waals surface area (Å²) in [5.74, 6) is 1.25. The first-order chi connectivity index (χ1) is 12.1. The van der Waals surface area contributed by atoms with Gasteiger partial charge in [0.15, 0.2) is 0 Å². The molecular weight excluding hydrogens is 320 g/mol. The molecule has 2 saturated heterocycles. The molecule has 2 aliphatic heterocycles. The van der Waals surface area contributed by atoms with E-state index in [1.165, 1.54) is 0 Å². The van der Waals surface area contributed by atoms with Crippen LogP contribution in [-0.4, -0.2) is 52.0 Å². The molecule has 7 heteroatoms. The number of hydrogen-bond acceptors (Lipinski definition) is 5. The van der Waals surface area contributed by atoms with Crippen LogP contribution in [0, 0.1) is 5.92 Å². The van der Waals surface area contributed by atoms with Gasteiger partial charge in [0, 0.05) is 25.2 Å². The zero-order chi connectivity index (χ0) is 17.4. The van der Waals surface area contributed by atoms with Crippen LogP contribution in [0.4, 0.5) is 0 Å². The molecule has 0 spiro atoms. The largest absolute Gasteiger partial charge is 0.367 e. The number of aromatic nitrogens is 2. The predicted molar refractivity (Wildman–Crippen MR) is 89.7 cm³/mol. The monoisotopic (exact) mass is 344 g/mol. The highest BCUT2D eigenvalue weighted by Crippen LogP contribution is 2.38. The second-order valence-electron chi connectivity index (χ2n) is 7.35. The molecule has 1 aromatic heterocycles. The van der Waals surface area contributed by atoms with Gasteiger partial charge in [0.05, 0.1) is 6.10 Å².